The second kappa shape index (κ2) is 11.5. The molecule has 2 aromatic rings. The lowest BCUT2D eigenvalue weighted by Gasteiger charge is -2.36. The molecule has 2 aliphatic rings. The van der Waals surface area contributed by atoms with E-state index in [2.05, 4.69) is 42.0 Å². The number of rotatable bonds is 9. The number of carbonyl (C=O) groups excluding carboxylic acids is 1. The predicted molar refractivity (Wildman–Crippen MR) is 139 cm³/mol. The van der Waals surface area contributed by atoms with Gasteiger partial charge >= 0.3 is 0 Å². The van der Waals surface area contributed by atoms with Crippen molar-refractivity contribution in [2.75, 3.05) is 44.2 Å². The van der Waals surface area contributed by atoms with Crippen molar-refractivity contribution in [3.63, 3.8) is 0 Å². The van der Waals surface area contributed by atoms with Crippen molar-refractivity contribution in [2.45, 2.75) is 70.9 Å². The molecule has 1 amide bonds. The third kappa shape index (κ3) is 6.78. The number of piperazine rings is 1. The molecule has 0 bridgehead atoms. The van der Waals surface area contributed by atoms with Gasteiger partial charge in [0.05, 0.1) is 0 Å². The highest BCUT2D eigenvalue weighted by atomic mass is 19.1. The lowest BCUT2D eigenvalue weighted by Crippen LogP contribution is -2.47. The zero-order valence-electron chi connectivity index (χ0n) is 21.5. The van der Waals surface area contributed by atoms with Gasteiger partial charge in [0, 0.05) is 61.4 Å². The van der Waals surface area contributed by atoms with Gasteiger partial charge in [-0.2, -0.15) is 0 Å². The molecule has 1 saturated heterocycles. The Kier molecular flexibility index (Phi) is 8.37. The summed E-state index contributed by atoms with van der Waals surface area (Å²) < 4.78 is 12.6. The van der Waals surface area contributed by atoms with E-state index in [4.69, 9.17) is 9.97 Å². The predicted octanol–water partition coefficient (Wildman–Crippen LogP) is 4.84. The number of aromatic nitrogens is 2. The van der Waals surface area contributed by atoms with E-state index in [0.717, 1.165) is 57.2 Å². The normalized spacial score (nSPS) is 17.3. The quantitative estimate of drug-likeness (QED) is 0.519. The molecule has 0 unspecified atom stereocenters. The Hall–Kier alpha value is -2.54. The number of nitrogens with zero attached hydrogens (tertiary/aromatic N) is 4. The van der Waals surface area contributed by atoms with E-state index in [9.17, 15) is 9.18 Å². The number of anilines is 1. The molecule has 0 atom stereocenters. The van der Waals surface area contributed by atoms with E-state index < -0.39 is 6.67 Å². The molecule has 4 rings (SSSR count). The zero-order chi connectivity index (χ0) is 24.8. The molecule has 0 spiro atoms. The number of alkyl halides is 1. The highest BCUT2D eigenvalue weighted by Crippen LogP contribution is 2.37. The number of carbonyl (C=O) groups is 1. The van der Waals surface area contributed by atoms with Gasteiger partial charge in [-0.05, 0) is 49.9 Å². The van der Waals surface area contributed by atoms with Crippen molar-refractivity contribution in [3.8, 4) is 0 Å². The average Bonchev–Trinajstić information content (AvgIpc) is 2.82. The molecule has 35 heavy (non-hydrogen) atoms. The Morgan fingerprint density at radius 1 is 1.06 bits per heavy atom. The van der Waals surface area contributed by atoms with Crippen molar-refractivity contribution in [2.24, 2.45) is 0 Å². The summed E-state index contributed by atoms with van der Waals surface area (Å²) in [5.74, 6) is 2.56. The first-order valence-electron chi connectivity index (χ1n) is 13.1. The third-order valence-corrected chi connectivity index (χ3v) is 7.18. The molecule has 1 aromatic carbocycles. The minimum Gasteiger partial charge on any atom is -0.354 e. The number of unbranched alkanes of at least 4 members (excludes halogenated alkanes) is 1. The molecule has 1 aromatic heterocycles. The van der Waals surface area contributed by atoms with Crippen LogP contribution in [0, 0.1) is 0 Å². The van der Waals surface area contributed by atoms with Crippen molar-refractivity contribution in [3.05, 3.63) is 53.0 Å². The Bertz CT molecular complexity index is 976. The third-order valence-electron chi connectivity index (χ3n) is 7.18. The molecule has 0 radical (unpaired) electrons. The van der Waals surface area contributed by atoms with Gasteiger partial charge in [0.25, 0.3) is 5.91 Å². The minimum atomic E-state index is -0.505. The number of nitrogens with one attached hydrogen (secondary N) is 1. The van der Waals surface area contributed by atoms with Gasteiger partial charge in [0.2, 0.25) is 0 Å². The maximum Gasteiger partial charge on any atom is 0.251 e. The lowest BCUT2D eigenvalue weighted by molar-refractivity contribution is 0.0952. The topological polar surface area (TPSA) is 61.4 Å². The van der Waals surface area contributed by atoms with Crippen LogP contribution in [0.4, 0.5) is 10.2 Å². The van der Waals surface area contributed by atoms with Crippen LogP contribution in [0.25, 0.3) is 0 Å². The van der Waals surface area contributed by atoms with Crippen LogP contribution in [0.2, 0.25) is 0 Å². The monoisotopic (exact) mass is 481 g/mol. The Labute approximate surface area is 209 Å². The molecule has 7 heteroatoms. The average molecular weight is 482 g/mol. The summed E-state index contributed by atoms with van der Waals surface area (Å²) in [6.45, 7) is 11.8. The fourth-order valence-corrected chi connectivity index (χ4v) is 4.57. The summed E-state index contributed by atoms with van der Waals surface area (Å²) in [5, 5.41) is 2.97. The van der Waals surface area contributed by atoms with Gasteiger partial charge < -0.3 is 10.2 Å². The van der Waals surface area contributed by atoms with E-state index in [1.54, 1.807) is 24.3 Å². The number of hydrogen-bond donors (Lipinski definition) is 1. The van der Waals surface area contributed by atoms with Crippen LogP contribution in [-0.2, 0) is 12.1 Å². The molecule has 190 valence electrons. The highest BCUT2D eigenvalue weighted by molar-refractivity contribution is 5.94. The number of benzene rings is 1. The van der Waals surface area contributed by atoms with E-state index in [-0.39, 0.29) is 11.3 Å². The SMILES string of the molecule is CC(C)(C)c1nc(C2CCC2)cc(N2CCN(CCCCNC(=O)c3ccc(CF)cc3)CC2)n1. The Morgan fingerprint density at radius 2 is 1.77 bits per heavy atom. The van der Waals surface area contributed by atoms with Crippen LogP contribution >= 0.6 is 0 Å². The summed E-state index contributed by atoms with van der Waals surface area (Å²) in [6.07, 6.45) is 5.80. The van der Waals surface area contributed by atoms with Crippen molar-refractivity contribution >= 4 is 11.7 Å². The van der Waals surface area contributed by atoms with Gasteiger partial charge in [-0.3, -0.25) is 9.69 Å². The van der Waals surface area contributed by atoms with Gasteiger partial charge in [-0.15, -0.1) is 0 Å². The van der Waals surface area contributed by atoms with Crippen LogP contribution in [-0.4, -0.2) is 60.0 Å². The summed E-state index contributed by atoms with van der Waals surface area (Å²) in [6, 6.07) is 8.92. The summed E-state index contributed by atoms with van der Waals surface area (Å²) >= 11 is 0. The first-order chi connectivity index (χ1) is 16.8. The molecule has 1 saturated carbocycles. The van der Waals surface area contributed by atoms with Crippen LogP contribution < -0.4 is 10.2 Å². The maximum absolute atomic E-state index is 12.6. The van der Waals surface area contributed by atoms with E-state index in [1.807, 2.05) is 0 Å². The summed E-state index contributed by atoms with van der Waals surface area (Å²) in [5.41, 5.74) is 2.35. The van der Waals surface area contributed by atoms with Crippen LogP contribution in [0.3, 0.4) is 0 Å². The first-order valence-corrected chi connectivity index (χ1v) is 13.1. The Morgan fingerprint density at radius 3 is 2.37 bits per heavy atom. The largest absolute Gasteiger partial charge is 0.354 e. The van der Waals surface area contributed by atoms with Gasteiger partial charge in [0.1, 0.15) is 18.3 Å². The first kappa shape index (κ1) is 25.5. The molecule has 1 aliphatic carbocycles. The van der Waals surface area contributed by atoms with Gasteiger partial charge in [0.15, 0.2) is 0 Å². The molecular weight excluding hydrogens is 441 g/mol. The van der Waals surface area contributed by atoms with Gasteiger partial charge in [-0.25, -0.2) is 14.4 Å². The smallest absolute Gasteiger partial charge is 0.251 e. The molecule has 2 heterocycles. The Balaban J connectivity index is 1.20. The minimum absolute atomic E-state index is 0.0520. The fourth-order valence-electron chi connectivity index (χ4n) is 4.57. The molecule has 6 nitrogen and oxygen atoms in total. The van der Waals surface area contributed by atoms with Crippen molar-refractivity contribution in [1.29, 1.82) is 0 Å². The second-order valence-electron chi connectivity index (χ2n) is 11.0. The fraction of sp³-hybridized carbons (Fsp3) is 0.607. The number of hydrogen-bond acceptors (Lipinski definition) is 5. The molecule has 2 fully saturated rings. The van der Waals surface area contributed by atoms with Crippen LogP contribution in [0.5, 0.6) is 0 Å². The van der Waals surface area contributed by atoms with E-state index in [0.29, 0.717) is 23.6 Å². The standard InChI is InChI=1S/C28H40FN5O/c1-28(2,3)27-31-24(22-7-6-8-22)19-25(32-27)34-17-15-33(16-18-34)14-5-4-13-30-26(35)23-11-9-21(20-29)10-12-23/h9-12,19,22H,4-8,13-18,20H2,1-3H3,(H,30,35). The maximum atomic E-state index is 12.6. The van der Waals surface area contributed by atoms with Crippen LogP contribution in [0.1, 0.15) is 86.2 Å². The zero-order valence-corrected chi connectivity index (χ0v) is 21.5. The molecule has 1 N–H and O–H groups in total. The van der Waals surface area contributed by atoms with Crippen LogP contribution in [0.15, 0.2) is 30.3 Å². The number of halogens is 1. The highest BCUT2D eigenvalue weighted by Gasteiger charge is 2.27. The van der Waals surface area contributed by atoms with Crippen molar-refractivity contribution in [1.82, 2.24) is 20.2 Å². The van der Waals surface area contributed by atoms with E-state index >= 15 is 0 Å². The number of amides is 1. The second-order valence-corrected chi connectivity index (χ2v) is 11.0. The lowest BCUT2D eigenvalue weighted by atomic mass is 9.82. The molecule has 1 aliphatic heterocycles. The summed E-state index contributed by atoms with van der Waals surface area (Å²) in [7, 11) is 0. The molecular formula is C28H40FN5O. The van der Waals surface area contributed by atoms with E-state index in [1.165, 1.54) is 25.0 Å². The van der Waals surface area contributed by atoms with Crippen molar-refractivity contribution < 1.29 is 9.18 Å². The van der Waals surface area contributed by atoms with Gasteiger partial charge in [-0.1, -0.05) is 39.3 Å². The summed E-state index contributed by atoms with van der Waals surface area (Å²) in [4.78, 5) is 27.1.